The van der Waals surface area contributed by atoms with Crippen LogP contribution in [0.2, 0.25) is 15.1 Å². The summed E-state index contributed by atoms with van der Waals surface area (Å²) in [5.74, 6) is -1.72. The third kappa shape index (κ3) is 4.82. The normalized spacial score (nSPS) is 18.7. The molecular formula is C22H14Cl5N3O2. The summed E-state index contributed by atoms with van der Waals surface area (Å²) in [6.45, 7) is 0. The third-order valence-corrected chi connectivity index (χ3v) is 6.67. The van der Waals surface area contributed by atoms with Crippen LogP contribution in [0.15, 0.2) is 60.8 Å². The standard InChI is InChI=1S/C22H14Cl5N3O2/c23-12-7-11(8-13(24)9-12)18-19(22(18,26)27)21(32)29-14-4-5-16(25)15(10-14)20(31)30-17-3-1-2-6-28-17/h1-10,18-19H,(H,29,32)(H,28,30,31)/t18-,19+/m1/s1. The smallest absolute Gasteiger partial charge is 0.258 e. The van der Waals surface area contributed by atoms with Gasteiger partial charge in [0.1, 0.15) is 10.2 Å². The number of alkyl halides is 2. The average molecular weight is 530 g/mol. The largest absolute Gasteiger partial charge is 0.326 e. The minimum atomic E-state index is -1.32. The van der Waals surface area contributed by atoms with Gasteiger partial charge < -0.3 is 10.6 Å². The molecule has 3 aromatic rings. The van der Waals surface area contributed by atoms with E-state index in [0.29, 0.717) is 27.1 Å². The second kappa shape index (κ2) is 9.08. The number of carbonyl (C=O) groups is 2. The Balaban J connectivity index is 1.51. The van der Waals surface area contributed by atoms with Crippen molar-refractivity contribution in [1.82, 2.24) is 4.98 Å². The Morgan fingerprint density at radius 1 is 0.906 bits per heavy atom. The molecule has 32 heavy (non-hydrogen) atoms. The Labute approximate surface area is 209 Å². The van der Waals surface area contributed by atoms with E-state index in [1.165, 1.54) is 12.1 Å². The third-order valence-electron chi connectivity index (χ3n) is 4.97. The molecule has 4 rings (SSSR count). The number of amides is 2. The fourth-order valence-corrected chi connectivity index (χ4v) is 5.01. The lowest BCUT2D eigenvalue weighted by Crippen LogP contribution is -2.18. The summed E-state index contributed by atoms with van der Waals surface area (Å²) >= 11 is 31.1. The van der Waals surface area contributed by atoms with Gasteiger partial charge >= 0.3 is 0 Å². The van der Waals surface area contributed by atoms with Crippen molar-refractivity contribution in [2.75, 3.05) is 10.6 Å². The number of pyridine rings is 1. The second-order valence-electron chi connectivity index (χ2n) is 7.19. The molecule has 2 atom stereocenters. The van der Waals surface area contributed by atoms with Crippen molar-refractivity contribution in [2.45, 2.75) is 10.3 Å². The lowest BCUT2D eigenvalue weighted by atomic mass is 10.1. The summed E-state index contributed by atoms with van der Waals surface area (Å²) in [6, 6.07) is 14.6. The van der Waals surface area contributed by atoms with Gasteiger partial charge in [-0.3, -0.25) is 9.59 Å². The number of anilines is 2. The Kier molecular flexibility index (Phi) is 6.57. The lowest BCUT2D eigenvalue weighted by Gasteiger charge is -2.10. The van der Waals surface area contributed by atoms with Crippen LogP contribution in [0.25, 0.3) is 0 Å². The first-order valence-electron chi connectivity index (χ1n) is 9.33. The summed E-state index contributed by atoms with van der Waals surface area (Å²) in [7, 11) is 0. The molecule has 1 fully saturated rings. The average Bonchev–Trinajstić information content (AvgIpc) is 3.31. The van der Waals surface area contributed by atoms with E-state index in [0.717, 1.165) is 0 Å². The molecule has 1 saturated carbocycles. The summed E-state index contributed by atoms with van der Waals surface area (Å²) in [5.41, 5.74) is 1.20. The molecule has 0 saturated heterocycles. The first-order valence-corrected chi connectivity index (χ1v) is 11.2. The van der Waals surface area contributed by atoms with Crippen molar-refractivity contribution in [3.05, 3.63) is 87.0 Å². The lowest BCUT2D eigenvalue weighted by molar-refractivity contribution is -0.117. The first-order chi connectivity index (χ1) is 15.2. The second-order valence-corrected chi connectivity index (χ2v) is 9.91. The van der Waals surface area contributed by atoms with E-state index in [1.54, 1.807) is 48.7 Å². The number of hydrogen-bond acceptors (Lipinski definition) is 3. The van der Waals surface area contributed by atoms with E-state index >= 15 is 0 Å². The van der Waals surface area contributed by atoms with E-state index in [2.05, 4.69) is 15.6 Å². The molecule has 1 aliphatic carbocycles. The summed E-state index contributed by atoms with van der Waals surface area (Å²) in [5, 5.41) is 6.46. The highest BCUT2D eigenvalue weighted by atomic mass is 35.5. The fourth-order valence-electron chi connectivity index (χ4n) is 3.44. The van der Waals surface area contributed by atoms with Gasteiger partial charge in [0.15, 0.2) is 0 Å². The van der Waals surface area contributed by atoms with E-state index in [-0.39, 0.29) is 10.6 Å². The molecule has 2 aromatic carbocycles. The quantitative estimate of drug-likeness (QED) is 0.356. The highest BCUT2D eigenvalue weighted by Gasteiger charge is 2.67. The van der Waals surface area contributed by atoms with Crippen LogP contribution in [0.3, 0.4) is 0 Å². The molecule has 164 valence electrons. The summed E-state index contributed by atoms with van der Waals surface area (Å²) < 4.78 is -1.32. The van der Waals surface area contributed by atoms with E-state index < -0.39 is 28.0 Å². The SMILES string of the molecule is O=C(Nc1ccccn1)c1cc(NC(=O)[C@@H]2[C@@H](c3cc(Cl)cc(Cl)c3)C2(Cl)Cl)ccc1Cl. The van der Waals surface area contributed by atoms with Crippen LogP contribution in [-0.2, 0) is 4.79 Å². The number of carbonyl (C=O) groups excluding carboxylic acids is 2. The van der Waals surface area contributed by atoms with Crippen LogP contribution < -0.4 is 10.6 Å². The first kappa shape index (κ1) is 23.1. The van der Waals surface area contributed by atoms with Gasteiger partial charge in [-0.05, 0) is 54.1 Å². The molecule has 2 amide bonds. The number of hydrogen-bond donors (Lipinski definition) is 2. The maximum absolute atomic E-state index is 12.9. The van der Waals surface area contributed by atoms with Crippen molar-refractivity contribution in [3.8, 4) is 0 Å². The molecule has 0 bridgehead atoms. The van der Waals surface area contributed by atoms with Crippen molar-refractivity contribution in [1.29, 1.82) is 0 Å². The fraction of sp³-hybridized carbons (Fsp3) is 0.136. The van der Waals surface area contributed by atoms with Crippen LogP contribution in [0.5, 0.6) is 0 Å². The maximum atomic E-state index is 12.9. The minimum absolute atomic E-state index is 0.173. The van der Waals surface area contributed by atoms with Crippen molar-refractivity contribution < 1.29 is 9.59 Å². The molecule has 10 heteroatoms. The Bertz CT molecular complexity index is 1180. The van der Waals surface area contributed by atoms with Crippen molar-refractivity contribution >= 4 is 81.3 Å². The molecule has 2 N–H and O–H groups in total. The predicted octanol–water partition coefficient (Wildman–Crippen LogP) is 6.82. The number of benzene rings is 2. The highest BCUT2D eigenvalue weighted by molar-refractivity contribution is 6.53. The van der Waals surface area contributed by atoms with Crippen molar-refractivity contribution in [2.24, 2.45) is 5.92 Å². The van der Waals surface area contributed by atoms with Crippen LogP contribution in [-0.4, -0.2) is 21.1 Å². The van der Waals surface area contributed by atoms with E-state index in [4.69, 9.17) is 58.0 Å². The van der Waals surface area contributed by atoms with E-state index in [1.807, 2.05) is 0 Å². The molecule has 0 aliphatic heterocycles. The topological polar surface area (TPSA) is 71.1 Å². The molecule has 5 nitrogen and oxygen atoms in total. The summed E-state index contributed by atoms with van der Waals surface area (Å²) in [4.78, 5) is 29.6. The molecule has 0 unspecified atom stereocenters. The molecule has 0 spiro atoms. The maximum Gasteiger partial charge on any atom is 0.258 e. The molecular weight excluding hydrogens is 516 g/mol. The van der Waals surface area contributed by atoms with Gasteiger partial charge in [-0.15, -0.1) is 23.2 Å². The highest BCUT2D eigenvalue weighted by Crippen LogP contribution is 2.65. The van der Waals surface area contributed by atoms with Gasteiger partial charge in [0.25, 0.3) is 5.91 Å². The zero-order chi connectivity index (χ0) is 23.0. The van der Waals surface area contributed by atoms with Crippen LogP contribution >= 0.6 is 58.0 Å². The van der Waals surface area contributed by atoms with Crippen molar-refractivity contribution in [3.63, 3.8) is 0 Å². The van der Waals surface area contributed by atoms with Gasteiger partial charge in [-0.2, -0.15) is 0 Å². The minimum Gasteiger partial charge on any atom is -0.326 e. The molecule has 1 aliphatic rings. The van der Waals surface area contributed by atoms with E-state index in [9.17, 15) is 9.59 Å². The van der Waals surface area contributed by atoms with Crippen LogP contribution in [0.4, 0.5) is 11.5 Å². The molecule has 0 radical (unpaired) electrons. The Morgan fingerprint density at radius 3 is 2.28 bits per heavy atom. The van der Waals surface area contributed by atoms with Gasteiger partial charge in [-0.25, -0.2) is 4.98 Å². The molecule has 1 heterocycles. The number of halogens is 5. The predicted molar refractivity (Wildman–Crippen MR) is 129 cm³/mol. The van der Waals surface area contributed by atoms with Gasteiger partial charge in [0.2, 0.25) is 5.91 Å². The monoisotopic (exact) mass is 527 g/mol. The molecule has 1 aromatic heterocycles. The Morgan fingerprint density at radius 2 is 1.62 bits per heavy atom. The summed E-state index contributed by atoms with van der Waals surface area (Å²) in [6.07, 6.45) is 1.55. The van der Waals surface area contributed by atoms with Gasteiger partial charge in [-0.1, -0.05) is 40.9 Å². The van der Waals surface area contributed by atoms with Gasteiger partial charge in [0.05, 0.1) is 16.5 Å². The van der Waals surface area contributed by atoms with Crippen LogP contribution in [0.1, 0.15) is 21.8 Å². The zero-order valence-electron chi connectivity index (χ0n) is 16.1. The van der Waals surface area contributed by atoms with Gasteiger partial charge in [0, 0.05) is 27.8 Å². The zero-order valence-corrected chi connectivity index (χ0v) is 19.9. The number of rotatable bonds is 5. The number of nitrogens with one attached hydrogen (secondary N) is 2. The number of aromatic nitrogens is 1. The van der Waals surface area contributed by atoms with Crippen LogP contribution in [0, 0.1) is 5.92 Å². The Hall–Kier alpha value is -2.02. The number of nitrogens with zero attached hydrogens (tertiary/aromatic N) is 1.